The zero-order chi connectivity index (χ0) is 23.3. The number of imidazole rings is 1. The zero-order valence-corrected chi connectivity index (χ0v) is 19.6. The Balaban J connectivity index is 1.96. The molecule has 2 heterocycles. The lowest BCUT2D eigenvalue weighted by atomic mass is 10.2. The standard InChI is InChI=1S/C22H31FN4O4S/c1-4-24-21(28)26(16(2)3)13-18-12-25-22(27(18)14-19-9-7-11-31-19)32(29,30)15-17-8-5-6-10-20(17)23/h5-6,8,10,12,16,19H,4,7,9,11,13-15H2,1-3H3,(H,24,28)/t19-/m0/s1. The van der Waals surface area contributed by atoms with E-state index >= 15 is 0 Å². The topological polar surface area (TPSA) is 93.5 Å². The van der Waals surface area contributed by atoms with Crippen molar-refractivity contribution in [1.29, 1.82) is 0 Å². The molecule has 3 rings (SSSR count). The first-order valence-electron chi connectivity index (χ1n) is 10.9. The van der Waals surface area contributed by atoms with Crippen LogP contribution in [0, 0.1) is 5.82 Å². The molecule has 0 aliphatic carbocycles. The summed E-state index contributed by atoms with van der Waals surface area (Å²) in [4.78, 5) is 18.4. The van der Waals surface area contributed by atoms with Gasteiger partial charge in [0.2, 0.25) is 15.0 Å². The molecule has 0 saturated carbocycles. The summed E-state index contributed by atoms with van der Waals surface area (Å²) in [5.41, 5.74) is 0.680. The normalized spacial score (nSPS) is 16.5. The van der Waals surface area contributed by atoms with Gasteiger partial charge in [-0.05, 0) is 39.7 Å². The number of carbonyl (C=O) groups excluding carboxylic acids is 1. The minimum atomic E-state index is -3.94. The number of sulfone groups is 1. The molecule has 1 N–H and O–H groups in total. The van der Waals surface area contributed by atoms with Crippen molar-refractivity contribution >= 4 is 15.9 Å². The fraction of sp³-hybridized carbons (Fsp3) is 0.545. The third-order valence-corrected chi connectivity index (χ3v) is 7.01. The maximum absolute atomic E-state index is 14.1. The molecule has 0 unspecified atom stereocenters. The second-order valence-corrected chi connectivity index (χ2v) is 10.1. The molecule has 0 bridgehead atoms. The van der Waals surface area contributed by atoms with Gasteiger partial charge in [0.15, 0.2) is 0 Å². The number of halogens is 1. The molecule has 1 aliphatic rings. The number of nitrogens with one attached hydrogen (secondary N) is 1. The predicted octanol–water partition coefficient (Wildman–Crippen LogP) is 3.12. The molecule has 8 nitrogen and oxygen atoms in total. The summed E-state index contributed by atoms with van der Waals surface area (Å²) in [6.45, 7) is 7.24. The van der Waals surface area contributed by atoms with E-state index in [-0.39, 0.29) is 35.4 Å². The number of benzene rings is 1. The van der Waals surface area contributed by atoms with Crippen molar-refractivity contribution in [2.24, 2.45) is 0 Å². The number of hydrogen-bond acceptors (Lipinski definition) is 5. The van der Waals surface area contributed by atoms with Gasteiger partial charge in [0.1, 0.15) is 5.82 Å². The minimum Gasteiger partial charge on any atom is -0.376 e. The highest BCUT2D eigenvalue weighted by atomic mass is 32.2. The van der Waals surface area contributed by atoms with E-state index in [4.69, 9.17) is 4.74 Å². The van der Waals surface area contributed by atoms with E-state index in [9.17, 15) is 17.6 Å². The first kappa shape index (κ1) is 24.2. The second-order valence-electron chi connectivity index (χ2n) is 8.19. The zero-order valence-electron chi connectivity index (χ0n) is 18.8. The highest BCUT2D eigenvalue weighted by Crippen LogP contribution is 2.23. The third-order valence-electron chi connectivity index (χ3n) is 5.44. The molecule has 1 atom stereocenters. The van der Waals surface area contributed by atoms with Crippen molar-refractivity contribution in [3.8, 4) is 0 Å². The SMILES string of the molecule is CCNC(=O)N(Cc1cnc(S(=O)(=O)Cc2ccccc2F)n1C[C@@H]1CCCO1)C(C)C. The fourth-order valence-electron chi connectivity index (χ4n) is 3.75. The number of aromatic nitrogens is 2. The van der Waals surface area contributed by atoms with Crippen LogP contribution in [0.1, 0.15) is 44.9 Å². The predicted molar refractivity (Wildman–Crippen MR) is 118 cm³/mol. The highest BCUT2D eigenvalue weighted by molar-refractivity contribution is 7.90. The molecule has 1 aromatic carbocycles. The number of carbonyl (C=O) groups is 1. The van der Waals surface area contributed by atoms with Crippen LogP contribution in [0.2, 0.25) is 0 Å². The van der Waals surface area contributed by atoms with Crippen LogP contribution in [0.15, 0.2) is 35.6 Å². The average molecular weight is 467 g/mol. The number of amides is 2. The maximum atomic E-state index is 14.1. The van der Waals surface area contributed by atoms with E-state index in [1.807, 2.05) is 20.8 Å². The Labute approximate surface area is 188 Å². The van der Waals surface area contributed by atoms with Crippen LogP contribution in [0.3, 0.4) is 0 Å². The Morgan fingerprint density at radius 2 is 2.12 bits per heavy atom. The summed E-state index contributed by atoms with van der Waals surface area (Å²) in [6, 6.07) is 5.47. The summed E-state index contributed by atoms with van der Waals surface area (Å²) in [5.74, 6) is -1.07. The molecule has 10 heteroatoms. The molecular weight excluding hydrogens is 435 g/mol. The molecule has 1 aromatic heterocycles. The van der Waals surface area contributed by atoms with Crippen molar-refractivity contribution in [3.05, 3.63) is 47.5 Å². The number of nitrogens with zero attached hydrogens (tertiary/aromatic N) is 3. The first-order valence-corrected chi connectivity index (χ1v) is 12.5. The first-order chi connectivity index (χ1) is 15.2. The summed E-state index contributed by atoms with van der Waals surface area (Å²) in [5, 5.41) is 2.65. The fourth-order valence-corrected chi connectivity index (χ4v) is 5.27. The minimum absolute atomic E-state index is 0.0897. The summed E-state index contributed by atoms with van der Waals surface area (Å²) >= 11 is 0. The van der Waals surface area contributed by atoms with Gasteiger partial charge in [0.25, 0.3) is 0 Å². The molecule has 176 valence electrons. The van der Waals surface area contributed by atoms with Crippen LogP contribution in [0.5, 0.6) is 0 Å². The number of hydrogen-bond donors (Lipinski definition) is 1. The van der Waals surface area contributed by atoms with Gasteiger partial charge in [-0.25, -0.2) is 22.6 Å². The quantitative estimate of drug-likeness (QED) is 0.613. The number of urea groups is 1. The Bertz CT molecular complexity index is 1030. The Morgan fingerprint density at radius 3 is 2.75 bits per heavy atom. The third kappa shape index (κ3) is 5.66. The van der Waals surface area contributed by atoms with Gasteiger partial charge in [0.05, 0.1) is 36.8 Å². The highest BCUT2D eigenvalue weighted by Gasteiger charge is 2.29. The maximum Gasteiger partial charge on any atom is 0.317 e. The van der Waals surface area contributed by atoms with E-state index in [1.165, 1.54) is 24.4 Å². The van der Waals surface area contributed by atoms with Crippen LogP contribution in [-0.4, -0.2) is 54.2 Å². The molecule has 1 saturated heterocycles. The van der Waals surface area contributed by atoms with Crippen LogP contribution in [0.4, 0.5) is 9.18 Å². The lowest BCUT2D eigenvalue weighted by Gasteiger charge is -2.27. The number of ether oxygens (including phenoxy) is 1. The molecule has 1 fully saturated rings. The van der Waals surface area contributed by atoms with Gasteiger partial charge < -0.3 is 19.5 Å². The van der Waals surface area contributed by atoms with Gasteiger partial charge in [0, 0.05) is 24.8 Å². The summed E-state index contributed by atoms with van der Waals surface area (Å²) in [7, 11) is -3.94. The van der Waals surface area contributed by atoms with Crippen molar-refractivity contribution in [2.75, 3.05) is 13.2 Å². The van der Waals surface area contributed by atoms with Gasteiger partial charge in [-0.2, -0.15) is 0 Å². The lowest BCUT2D eigenvalue weighted by molar-refractivity contribution is 0.0932. The van der Waals surface area contributed by atoms with Crippen molar-refractivity contribution in [1.82, 2.24) is 19.8 Å². The summed E-state index contributed by atoms with van der Waals surface area (Å²) in [6.07, 6.45) is 3.07. The van der Waals surface area contributed by atoms with Crippen LogP contribution in [-0.2, 0) is 33.4 Å². The van der Waals surface area contributed by atoms with Crippen molar-refractivity contribution < 1.29 is 22.3 Å². The average Bonchev–Trinajstić information content (AvgIpc) is 3.38. The Hall–Kier alpha value is -2.46. The van der Waals surface area contributed by atoms with Gasteiger partial charge in [-0.1, -0.05) is 18.2 Å². The summed E-state index contributed by atoms with van der Waals surface area (Å²) < 4.78 is 47.9. The second kappa shape index (κ2) is 10.4. The number of rotatable bonds is 9. The van der Waals surface area contributed by atoms with E-state index < -0.39 is 21.4 Å². The van der Waals surface area contributed by atoms with E-state index in [0.717, 1.165) is 12.8 Å². The van der Waals surface area contributed by atoms with E-state index in [0.29, 0.717) is 25.4 Å². The molecule has 32 heavy (non-hydrogen) atoms. The Kier molecular flexibility index (Phi) is 7.89. The van der Waals surface area contributed by atoms with Gasteiger partial charge in [-0.15, -0.1) is 0 Å². The van der Waals surface area contributed by atoms with Crippen LogP contribution < -0.4 is 5.32 Å². The molecular formula is C22H31FN4O4S. The molecule has 2 aromatic rings. The lowest BCUT2D eigenvalue weighted by Crippen LogP contribution is -2.43. The van der Waals surface area contributed by atoms with Crippen molar-refractivity contribution in [2.45, 2.75) is 69.8 Å². The molecule has 1 aliphatic heterocycles. The largest absolute Gasteiger partial charge is 0.376 e. The van der Waals surface area contributed by atoms with Crippen molar-refractivity contribution in [3.63, 3.8) is 0 Å². The van der Waals surface area contributed by atoms with E-state index in [2.05, 4.69) is 10.3 Å². The molecule has 0 spiro atoms. The smallest absolute Gasteiger partial charge is 0.317 e. The van der Waals surface area contributed by atoms with E-state index in [1.54, 1.807) is 15.5 Å². The molecule has 0 radical (unpaired) electrons. The van der Waals surface area contributed by atoms with Gasteiger partial charge in [-0.3, -0.25) is 0 Å². The monoisotopic (exact) mass is 466 g/mol. The van der Waals surface area contributed by atoms with Crippen LogP contribution >= 0.6 is 0 Å². The molecule has 2 amide bonds. The van der Waals surface area contributed by atoms with Gasteiger partial charge >= 0.3 is 6.03 Å². The van der Waals surface area contributed by atoms with Crippen LogP contribution in [0.25, 0.3) is 0 Å². The Morgan fingerprint density at radius 1 is 1.38 bits per heavy atom.